The molecule has 8 nitrogen and oxygen atoms in total. The van der Waals surface area contributed by atoms with Gasteiger partial charge in [-0.25, -0.2) is 4.98 Å². The Bertz CT molecular complexity index is 694. The summed E-state index contributed by atoms with van der Waals surface area (Å²) in [5, 5.41) is 13.3. The summed E-state index contributed by atoms with van der Waals surface area (Å²) in [6, 6.07) is 0.397. The molecule has 0 spiro atoms. The van der Waals surface area contributed by atoms with Gasteiger partial charge < -0.3 is 20.9 Å². The van der Waals surface area contributed by atoms with E-state index in [1.807, 2.05) is 0 Å². The standard InChI is InChI=1S/C22H39N7OS/c1-3-10-24-20(30)16-28-14-8-18(9-15-28)26-21(23-4-2)25-11-7-19-17-31-22(27-19)29-12-5-6-13-29/h17-18H,3-16H2,1-2H3,(H,24,30)(H2,23,25,26). The molecular formula is C22H39N7OS. The first-order valence-electron chi connectivity index (χ1n) is 11.9. The van der Waals surface area contributed by atoms with E-state index < -0.39 is 0 Å². The Balaban J connectivity index is 1.40. The summed E-state index contributed by atoms with van der Waals surface area (Å²) in [4.78, 5) is 26.1. The van der Waals surface area contributed by atoms with Gasteiger partial charge in [0.25, 0.3) is 0 Å². The Labute approximate surface area is 190 Å². The Kier molecular flexibility index (Phi) is 9.86. The molecule has 174 valence electrons. The Morgan fingerprint density at radius 1 is 1.19 bits per heavy atom. The van der Waals surface area contributed by atoms with E-state index in [0.29, 0.717) is 12.6 Å². The monoisotopic (exact) mass is 449 g/mol. The quantitative estimate of drug-likeness (QED) is 0.373. The van der Waals surface area contributed by atoms with Crippen LogP contribution in [0.5, 0.6) is 0 Å². The van der Waals surface area contributed by atoms with Crippen LogP contribution in [0, 0.1) is 0 Å². The number of carbonyl (C=O) groups is 1. The van der Waals surface area contributed by atoms with Crippen LogP contribution < -0.4 is 20.9 Å². The molecule has 0 aliphatic carbocycles. The van der Waals surface area contributed by atoms with Crippen LogP contribution in [0.25, 0.3) is 0 Å². The normalized spacial score (nSPS) is 18.4. The lowest BCUT2D eigenvalue weighted by Gasteiger charge is -2.32. The third kappa shape index (κ3) is 7.96. The molecule has 2 fully saturated rings. The minimum atomic E-state index is 0.137. The van der Waals surface area contributed by atoms with Gasteiger partial charge in [0.2, 0.25) is 5.91 Å². The maximum atomic E-state index is 11.9. The van der Waals surface area contributed by atoms with Crippen LogP contribution >= 0.6 is 11.3 Å². The van der Waals surface area contributed by atoms with E-state index in [0.717, 1.165) is 88.3 Å². The lowest BCUT2D eigenvalue weighted by molar-refractivity contribution is -0.122. The van der Waals surface area contributed by atoms with Crippen LogP contribution in [0.1, 0.15) is 51.6 Å². The minimum absolute atomic E-state index is 0.137. The highest BCUT2D eigenvalue weighted by Gasteiger charge is 2.21. The van der Waals surface area contributed by atoms with Crippen LogP contribution in [-0.2, 0) is 11.2 Å². The highest BCUT2D eigenvalue weighted by Crippen LogP contribution is 2.24. The number of guanidine groups is 1. The first-order valence-corrected chi connectivity index (χ1v) is 12.8. The van der Waals surface area contributed by atoms with Gasteiger partial charge in [-0.15, -0.1) is 11.3 Å². The zero-order chi connectivity index (χ0) is 21.9. The summed E-state index contributed by atoms with van der Waals surface area (Å²) < 4.78 is 0. The molecule has 0 radical (unpaired) electrons. The first-order chi connectivity index (χ1) is 15.2. The van der Waals surface area contributed by atoms with Crippen molar-refractivity contribution >= 4 is 28.3 Å². The molecule has 0 aromatic carbocycles. The summed E-state index contributed by atoms with van der Waals surface area (Å²) in [6.07, 6.45) is 6.45. The number of nitrogens with one attached hydrogen (secondary N) is 3. The Morgan fingerprint density at radius 2 is 1.97 bits per heavy atom. The SMILES string of the molecule is CCCNC(=O)CN1CCC(NC(=NCCc2csc(N3CCCC3)n2)NCC)CC1. The van der Waals surface area contributed by atoms with Gasteiger partial charge in [-0.05, 0) is 39.0 Å². The van der Waals surface area contributed by atoms with Crippen LogP contribution in [0.2, 0.25) is 0 Å². The fraction of sp³-hybridized carbons (Fsp3) is 0.773. The van der Waals surface area contributed by atoms with Crippen molar-refractivity contribution < 1.29 is 4.79 Å². The molecule has 3 N–H and O–H groups in total. The molecule has 0 atom stereocenters. The number of likely N-dealkylation sites (tertiary alicyclic amines) is 1. The van der Waals surface area contributed by atoms with Crippen molar-refractivity contribution in [1.82, 2.24) is 25.8 Å². The molecule has 3 rings (SSSR count). The zero-order valence-corrected chi connectivity index (χ0v) is 20.0. The number of hydrogen-bond donors (Lipinski definition) is 3. The van der Waals surface area contributed by atoms with Gasteiger partial charge in [-0.1, -0.05) is 6.92 Å². The van der Waals surface area contributed by atoms with E-state index in [1.54, 1.807) is 11.3 Å². The van der Waals surface area contributed by atoms with Gasteiger partial charge in [-0.3, -0.25) is 14.7 Å². The molecule has 1 aromatic heterocycles. The van der Waals surface area contributed by atoms with Gasteiger partial charge >= 0.3 is 0 Å². The molecule has 31 heavy (non-hydrogen) atoms. The molecule has 1 amide bonds. The summed E-state index contributed by atoms with van der Waals surface area (Å²) in [5.41, 5.74) is 1.14. The van der Waals surface area contributed by atoms with Crippen LogP contribution in [0.15, 0.2) is 10.4 Å². The second-order valence-corrected chi connectivity index (χ2v) is 9.21. The second kappa shape index (κ2) is 12.9. The smallest absolute Gasteiger partial charge is 0.234 e. The number of carbonyl (C=O) groups excluding carboxylic acids is 1. The summed E-state index contributed by atoms with van der Waals surface area (Å²) in [7, 11) is 0. The average molecular weight is 450 g/mol. The molecule has 3 heterocycles. The minimum Gasteiger partial charge on any atom is -0.357 e. The molecule has 2 saturated heterocycles. The summed E-state index contributed by atoms with van der Waals surface area (Å²) in [5.74, 6) is 1.02. The highest BCUT2D eigenvalue weighted by atomic mass is 32.1. The topological polar surface area (TPSA) is 84.9 Å². The van der Waals surface area contributed by atoms with Gasteiger partial charge in [0.15, 0.2) is 11.1 Å². The maximum absolute atomic E-state index is 11.9. The number of hydrogen-bond acceptors (Lipinski definition) is 6. The highest BCUT2D eigenvalue weighted by molar-refractivity contribution is 7.13. The van der Waals surface area contributed by atoms with Gasteiger partial charge in [0, 0.05) is 63.7 Å². The molecule has 0 unspecified atom stereocenters. The van der Waals surface area contributed by atoms with Gasteiger partial charge in [0.1, 0.15) is 0 Å². The molecule has 0 bridgehead atoms. The third-order valence-electron chi connectivity index (χ3n) is 5.77. The number of thiazole rings is 1. The molecule has 0 saturated carbocycles. The number of nitrogens with zero attached hydrogens (tertiary/aromatic N) is 4. The predicted octanol–water partition coefficient (Wildman–Crippen LogP) is 1.83. The van der Waals surface area contributed by atoms with E-state index in [2.05, 4.69) is 45.0 Å². The first kappa shape index (κ1) is 23.8. The number of rotatable bonds is 10. The number of aromatic nitrogens is 1. The zero-order valence-electron chi connectivity index (χ0n) is 19.2. The molecular weight excluding hydrogens is 410 g/mol. The van der Waals surface area contributed by atoms with Gasteiger partial charge in [0.05, 0.1) is 12.2 Å². The van der Waals surface area contributed by atoms with Crippen molar-refractivity contribution in [1.29, 1.82) is 0 Å². The predicted molar refractivity (Wildman–Crippen MR) is 129 cm³/mol. The fourth-order valence-corrected chi connectivity index (χ4v) is 4.93. The Morgan fingerprint density at radius 3 is 2.68 bits per heavy atom. The van der Waals surface area contributed by atoms with E-state index in [1.165, 1.54) is 12.8 Å². The van der Waals surface area contributed by atoms with E-state index in [4.69, 9.17) is 9.98 Å². The van der Waals surface area contributed by atoms with Crippen LogP contribution in [0.4, 0.5) is 5.13 Å². The molecule has 2 aliphatic heterocycles. The summed E-state index contributed by atoms with van der Waals surface area (Å²) in [6.45, 7) is 11.2. The Hall–Kier alpha value is -1.87. The van der Waals surface area contributed by atoms with E-state index in [-0.39, 0.29) is 5.91 Å². The average Bonchev–Trinajstić information content (AvgIpc) is 3.46. The molecule has 9 heteroatoms. The fourth-order valence-electron chi connectivity index (χ4n) is 4.02. The lowest BCUT2D eigenvalue weighted by Crippen LogP contribution is -2.50. The second-order valence-electron chi connectivity index (χ2n) is 8.37. The number of amides is 1. The molecule has 1 aromatic rings. The van der Waals surface area contributed by atoms with Crippen molar-refractivity contribution in [3.8, 4) is 0 Å². The lowest BCUT2D eigenvalue weighted by atomic mass is 10.1. The maximum Gasteiger partial charge on any atom is 0.234 e. The number of piperidine rings is 1. The molecule has 2 aliphatic rings. The van der Waals surface area contributed by atoms with Crippen molar-refractivity contribution in [2.75, 3.05) is 57.3 Å². The third-order valence-corrected chi connectivity index (χ3v) is 6.72. The van der Waals surface area contributed by atoms with Gasteiger partial charge in [-0.2, -0.15) is 0 Å². The number of anilines is 1. The summed E-state index contributed by atoms with van der Waals surface area (Å²) >= 11 is 1.75. The van der Waals surface area contributed by atoms with Crippen LogP contribution in [0.3, 0.4) is 0 Å². The van der Waals surface area contributed by atoms with Crippen molar-refractivity contribution in [3.05, 3.63) is 11.1 Å². The van der Waals surface area contributed by atoms with Crippen molar-refractivity contribution in [3.63, 3.8) is 0 Å². The van der Waals surface area contributed by atoms with Crippen LogP contribution in [-0.4, -0.2) is 80.2 Å². The van der Waals surface area contributed by atoms with E-state index in [9.17, 15) is 4.79 Å². The van der Waals surface area contributed by atoms with E-state index >= 15 is 0 Å². The number of aliphatic imine (C=N–C) groups is 1. The largest absolute Gasteiger partial charge is 0.357 e. The van der Waals surface area contributed by atoms with Crippen molar-refractivity contribution in [2.24, 2.45) is 4.99 Å². The van der Waals surface area contributed by atoms with Crippen molar-refractivity contribution in [2.45, 2.75) is 58.4 Å².